The number of carbonyl (C=O) groups is 1. The number of hydrogen-bond donors (Lipinski definition) is 2. The Morgan fingerprint density at radius 3 is 2.87 bits per heavy atom. The quantitative estimate of drug-likeness (QED) is 0.744. The second-order valence-corrected chi connectivity index (χ2v) is 2.98. The maximum atomic E-state index is 13.2. The number of aromatic nitrogens is 1. The number of fused-ring (bicyclic) bond motifs is 1. The maximum Gasteiger partial charge on any atom is 0.352 e. The lowest BCUT2D eigenvalue weighted by Crippen LogP contribution is -1.95. The molecule has 0 saturated carbocycles. The van der Waals surface area contributed by atoms with Crippen molar-refractivity contribution in [2.45, 2.75) is 0 Å². The van der Waals surface area contributed by atoms with E-state index in [4.69, 9.17) is 10.4 Å². The van der Waals surface area contributed by atoms with Gasteiger partial charge < -0.3 is 10.1 Å². The summed E-state index contributed by atoms with van der Waals surface area (Å²) in [5.41, 5.74) is 0.160. The van der Waals surface area contributed by atoms with Gasteiger partial charge in [-0.3, -0.25) is 0 Å². The van der Waals surface area contributed by atoms with E-state index in [1.54, 1.807) is 0 Å². The van der Waals surface area contributed by atoms with Gasteiger partial charge in [-0.05, 0) is 18.2 Å². The molecule has 0 fully saturated rings. The van der Waals surface area contributed by atoms with E-state index in [-0.39, 0.29) is 22.2 Å². The van der Waals surface area contributed by atoms with E-state index in [1.165, 1.54) is 12.1 Å². The summed E-state index contributed by atoms with van der Waals surface area (Å²) in [6.45, 7) is 0. The van der Waals surface area contributed by atoms with E-state index >= 15 is 0 Å². The molecule has 0 saturated heterocycles. The molecule has 1 aromatic carbocycles. The zero-order valence-corrected chi connectivity index (χ0v) is 7.41. The third-order valence-corrected chi connectivity index (χ3v) is 2.09. The maximum absolute atomic E-state index is 13.2. The van der Waals surface area contributed by atoms with Crippen LogP contribution in [-0.4, -0.2) is 16.1 Å². The van der Waals surface area contributed by atoms with E-state index in [9.17, 15) is 9.18 Å². The van der Waals surface area contributed by atoms with Gasteiger partial charge in [0.2, 0.25) is 0 Å². The molecular formula is C10H5FN2O2. The molecule has 2 aromatic rings. The number of aromatic carboxylic acids is 1. The Hall–Kier alpha value is -2.35. The molecule has 0 radical (unpaired) electrons. The summed E-state index contributed by atoms with van der Waals surface area (Å²) in [6.07, 6.45) is 0. The van der Waals surface area contributed by atoms with Crippen molar-refractivity contribution >= 4 is 16.9 Å². The van der Waals surface area contributed by atoms with Crippen LogP contribution < -0.4 is 0 Å². The third-order valence-electron chi connectivity index (χ3n) is 2.09. The highest BCUT2D eigenvalue weighted by Gasteiger charge is 2.13. The van der Waals surface area contributed by atoms with Crippen molar-refractivity contribution in [1.29, 1.82) is 5.26 Å². The lowest BCUT2D eigenvalue weighted by molar-refractivity contribution is 0.0691. The minimum atomic E-state index is -1.19. The summed E-state index contributed by atoms with van der Waals surface area (Å²) < 4.78 is 13.2. The van der Waals surface area contributed by atoms with Crippen LogP contribution in [0.25, 0.3) is 10.9 Å². The summed E-state index contributed by atoms with van der Waals surface area (Å²) in [5, 5.41) is 17.7. The summed E-state index contributed by atoms with van der Waals surface area (Å²) in [5.74, 6) is -1.76. The number of rotatable bonds is 1. The monoisotopic (exact) mass is 204 g/mol. The van der Waals surface area contributed by atoms with Gasteiger partial charge in [0.25, 0.3) is 0 Å². The number of nitrogens with zero attached hydrogens (tertiary/aromatic N) is 1. The molecule has 2 N–H and O–H groups in total. The molecule has 5 heteroatoms. The van der Waals surface area contributed by atoms with Gasteiger partial charge >= 0.3 is 5.97 Å². The largest absolute Gasteiger partial charge is 0.477 e. The molecule has 4 nitrogen and oxygen atoms in total. The predicted molar refractivity (Wildman–Crippen MR) is 49.9 cm³/mol. The standard InChI is InChI=1S/C10H5FN2O2/c11-7-2-1-5(4-12)6-3-8(10(14)15)13-9(6)7/h1-3,13H,(H,14,15). The summed E-state index contributed by atoms with van der Waals surface area (Å²) in [6, 6.07) is 5.56. The highest BCUT2D eigenvalue weighted by atomic mass is 19.1. The number of H-pyrrole nitrogens is 1. The second-order valence-electron chi connectivity index (χ2n) is 2.98. The van der Waals surface area contributed by atoms with Crippen LogP contribution in [0.5, 0.6) is 0 Å². The Labute approximate surface area is 83.6 Å². The highest BCUT2D eigenvalue weighted by molar-refractivity contribution is 5.96. The molecule has 0 aliphatic heterocycles. The molecule has 0 spiro atoms. The van der Waals surface area contributed by atoms with Gasteiger partial charge in [0.15, 0.2) is 0 Å². The van der Waals surface area contributed by atoms with Gasteiger partial charge in [-0.15, -0.1) is 0 Å². The number of nitrogens with one attached hydrogen (secondary N) is 1. The van der Waals surface area contributed by atoms with E-state index in [2.05, 4.69) is 4.98 Å². The fourth-order valence-corrected chi connectivity index (χ4v) is 1.40. The van der Waals surface area contributed by atoms with Crippen LogP contribution in [0.4, 0.5) is 4.39 Å². The molecule has 1 aromatic heterocycles. The van der Waals surface area contributed by atoms with Crippen molar-refractivity contribution in [3.63, 3.8) is 0 Å². The first-order chi connectivity index (χ1) is 7.13. The van der Waals surface area contributed by atoms with E-state index < -0.39 is 11.8 Å². The van der Waals surface area contributed by atoms with Crippen molar-refractivity contribution in [3.8, 4) is 6.07 Å². The van der Waals surface area contributed by atoms with Gasteiger partial charge in [0.1, 0.15) is 11.5 Å². The fraction of sp³-hybridized carbons (Fsp3) is 0. The topological polar surface area (TPSA) is 76.9 Å². The van der Waals surface area contributed by atoms with Gasteiger partial charge in [-0.2, -0.15) is 5.26 Å². The Kier molecular flexibility index (Phi) is 1.90. The zero-order chi connectivity index (χ0) is 11.0. The molecule has 74 valence electrons. The van der Waals surface area contributed by atoms with E-state index in [0.29, 0.717) is 0 Å². The number of carboxylic acids is 1. The average molecular weight is 204 g/mol. The highest BCUT2D eigenvalue weighted by Crippen LogP contribution is 2.22. The Morgan fingerprint density at radius 1 is 1.53 bits per heavy atom. The van der Waals surface area contributed by atoms with Crippen molar-refractivity contribution in [3.05, 3.63) is 35.3 Å². The molecule has 0 atom stereocenters. The normalized spacial score (nSPS) is 10.1. The van der Waals surface area contributed by atoms with Crippen LogP contribution in [0.1, 0.15) is 16.1 Å². The smallest absolute Gasteiger partial charge is 0.352 e. The van der Waals surface area contributed by atoms with Crippen LogP contribution >= 0.6 is 0 Å². The van der Waals surface area contributed by atoms with Crippen LogP contribution in [-0.2, 0) is 0 Å². The zero-order valence-electron chi connectivity index (χ0n) is 7.41. The SMILES string of the molecule is N#Cc1ccc(F)c2[nH]c(C(=O)O)cc12. The summed E-state index contributed by atoms with van der Waals surface area (Å²) in [7, 11) is 0. The fourth-order valence-electron chi connectivity index (χ4n) is 1.40. The average Bonchev–Trinajstić information content (AvgIpc) is 2.64. The second kappa shape index (κ2) is 3.10. The lowest BCUT2D eigenvalue weighted by Gasteiger charge is -1.93. The first kappa shape index (κ1) is 9.21. The number of nitriles is 1. The van der Waals surface area contributed by atoms with Crippen molar-refractivity contribution in [2.75, 3.05) is 0 Å². The van der Waals surface area contributed by atoms with Crippen molar-refractivity contribution < 1.29 is 14.3 Å². The Balaban J connectivity index is 2.85. The van der Waals surface area contributed by atoms with Crippen LogP contribution in [0.2, 0.25) is 0 Å². The molecular weight excluding hydrogens is 199 g/mol. The number of aromatic amines is 1. The Bertz CT molecular complexity index is 595. The first-order valence-corrected chi connectivity index (χ1v) is 4.08. The Morgan fingerprint density at radius 2 is 2.27 bits per heavy atom. The van der Waals surface area contributed by atoms with Gasteiger partial charge in [0, 0.05) is 5.39 Å². The van der Waals surface area contributed by atoms with Crippen molar-refractivity contribution in [2.24, 2.45) is 0 Å². The van der Waals surface area contributed by atoms with Gasteiger partial charge in [-0.25, -0.2) is 9.18 Å². The lowest BCUT2D eigenvalue weighted by atomic mass is 10.1. The van der Waals surface area contributed by atoms with Crippen LogP contribution in [0.3, 0.4) is 0 Å². The molecule has 1 heterocycles. The molecule has 0 bridgehead atoms. The van der Waals surface area contributed by atoms with Gasteiger partial charge in [-0.1, -0.05) is 0 Å². The van der Waals surface area contributed by atoms with Crippen LogP contribution in [0.15, 0.2) is 18.2 Å². The first-order valence-electron chi connectivity index (χ1n) is 4.08. The summed E-state index contributed by atoms with van der Waals surface area (Å²) >= 11 is 0. The number of halogens is 1. The molecule has 2 rings (SSSR count). The predicted octanol–water partition coefficient (Wildman–Crippen LogP) is 1.88. The number of hydrogen-bond acceptors (Lipinski definition) is 2. The number of carboxylic acid groups (broad SMARTS) is 1. The molecule has 0 aliphatic rings. The van der Waals surface area contributed by atoms with E-state index in [1.807, 2.05) is 6.07 Å². The van der Waals surface area contributed by atoms with Crippen molar-refractivity contribution in [1.82, 2.24) is 4.98 Å². The summed E-state index contributed by atoms with van der Waals surface area (Å²) in [4.78, 5) is 13.1. The minimum Gasteiger partial charge on any atom is -0.477 e. The molecule has 0 amide bonds. The van der Waals surface area contributed by atoms with E-state index in [0.717, 1.165) is 6.07 Å². The third kappa shape index (κ3) is 1.32. The number of benzene rings is 1. The molecule has 0 unspecified atom stereocenters. The van der Waals surface area contributed by atoms with Gasteiger partial charge in [0.05, 0.1) is 17.1 Å². The molecule has 0 aliphatic carbocycles. The minimum absolute atomic E-state index is 0.0476. The van der Waals surface area contributed by atoms with Crippen LogP contribution in [0, 0.1) is 17.1 Å². The molecule has 15 heavy (non-hydrogen) atoms.